The van der Waals surface area contributed by atoms with Crippen molar-refractivity contribution in [3.63, 3.8) is 0 Å². The normalized spacial score (nSPS) is 12.3. The third-order valence-corrected chi connectivity index (χ3v) is 4.36. The quantitative estimate of drug-likeness (QED) is 0.311. The second-order valence-electron chi connectivity index (χ2n) is 5.71. The van der Waals surface area contributed by atoms with Gasteiger partial charge in [0.15, 0.2) is 0 Å². The van der Waals surface area contributed by atoms with Crippen LogP contribution in [0.4, 0.5) is 0 Å². The van der Waals surface area contributed by atoms with Crippen molar-refractivity contribution >= 4 is 38.2 Å². The molecule has 0 amide bonds. The minimum Gasteiger partial charge on any atom is -0.295 e. The smallest absolute Gasteiger partial charge is 0.111 e. The van der Waals surface area contributed by atoms with Crippen LogP contribution in [0.25, 0.3) is 38.2 Å². The molecule has 0 unspecified atom stereocenters. The molecular formula is C18H13N3. The molecule has 0 saturated carbocycles. The lowest BCUT2D eigenvalue weighted by molar-refractivity contribution is 1.09. The molecule has 0 atom stereocenters. The topological polar surface area (TPSA) is 30.2 Å². The van der Waals surface area contributed by atoms with Crippen molar-refractivity contribution in [2.45, 2.75) is 13.8 Å². The zero-order chi connectivity index (χ0) is 14.1. The van der Waals surface area contributed by atoms with E-state index in [1.165, 1.54) is 32.8 Å². The molecule has 5 rings (SSSR count). The number of rotatable bonds is 0. The molecule has 0 spiro atoms. The van der Waals surface area contributed by atoms with Gasteiger partial charge in [-0.05, 0) is 43.5 Å². The maximum Gasteiger partial charge on any atom is 0.111 e. The van der Waals surface area contributed by atoms with Crippen LogP contribution in [0.3, 0.4) is 0 Å². The third-order valence-electron chi connectivity index (χ3n) is 4.36. The molecule has 3 aromatic heterocycles. The number of aryl methyl sites for hydroxylation is 2. The van der Waals surface area contributed by atoms with E-state index in [4.69, 9.17) is 4.98 Å². The van der Waals surface area contributed by atoms with E-state index in [9.17, 15) is 0 Å². The average molecular weight is 271 g/mol. The van der Waals surface area contributed by atoms with Crippen LogP contribution >= 0.6 is 0 Å². The average Bonchev–Trinajstić information content (AvgIpc) is 2.83. The molecule has 3 nitrogen and oxygen atoms in total. The lowest BCUT2D eigenvalue weighted by Crippen LogP contribution is -1.95. The Morgan fingerprint density at radius 2 is 1.90 bits per heavy atom. The molecule has 3 heteroatoms. The predicted octanol–water partition coefficient (Wildman–Crippen LogP) is 4.24. The van der Waals surface area contributed by atoms with Crippen LogP contribution in [-0.2, 0) is 0 Å². The largest absolute Gasteiger partial charge is 0.295 e. The van der Waals surface area contributed by atoms with Crippen LogP contribution in [-0.4, -0.2) is 14.4 Å². The Bertz CT molecular complexity index is 1150. The van der Waals surface area contributed by atoms with Crippen LogP contribution in [0.1, 0.15) is 11.4 Å². The van der Waals surface area contributed by atoms with Gasteiger partial charge in [0.05, 0.1) is 22.1 Å². The molecule has 100 valence electrons. The highest BCUT2D eigenvalue weighted by Gasteiger charge is 2.16. The molecule has 0 aliphatic rings. The summed E-state index contributed by atoms with van der Waals surface area (Å²) in [5.74, 6) is 1.03. The molecular weight excluding hydrogens is 258 g/mol. The van der Waals surface area contributed by atoms with Crippen molar-refractivity contribution in [2.75, 3.05) is 0 Å². The first kappa shape index (κ1) is 11.0. The standard InChI is InChI=1S/C18H13N3/c1-10-3-6-15-13(9-10)17-16-12(7-8-19-17)4-5-14-18(16)21(15)11(2)20-14/h3-9H,1-2H3. The van der Waals surface area contributed by atoms with E-state index in [1.54, 1.807) is 0 Å². The molecule has 2 aromatic carbocycles. The van der Waals surface area contributed by atoms with Crippen LogP contribution in [0.5, 0.6) is 0 Å². The van der Waals surface area contributed by atoms with Gasteiger partial charge in [-0.2, -0.15) is 0 Å². The minimum atomic E-state index is 1.03. The molecule has 0 fully saturated rings. The summed E-state index contributed by atoms with van der Waals surface area (Å²) in [6.45, 7) is 4.19. The summed E-state index contributed by atoms with van der Waals surface area (Å²) >= 11 is 0. The Balaban J connectivity index is 2.30. The lowest BCUT2D eigenvalue weighted by atomic mass is 10.0. The van der Waals surface area contributed by atoms with Gasteiger partial charge >= 0.3 is 0 Å². The predicted molar refractivity (Wildman–Crippen MR) is 86.2 cm³/mol. The first-order valence-electron chi connectivity index (χ1n) is 7.12. The maximum absolute atomic E-state index is 4.72. The van der Waals surface area contributed by atoms with E-state index in [2.05, 4.69) is 59.6 Å². The lowest BCUT2D eigenvalue weighted by Gasteiger charge is -2.11. The van der Waals surface area contributed by atoms with E-state index in [0.717, 1.165) is 16.9 Å². The summed E-state index contributed by atoms with van der Waals surface area (Å²) in [5, 5.41) is 3.64. The number of fused-ring (bicyclic) bond motifs is 3. The van der Waals surface area contributed by atoms with E-state index in [1.807, 2.05) is 6.20 Å². The fraction of sp³-hybridized carbons (Fsp3) is 0.111. The van der Waals surface area contributed by atoms with Gasteiger partial charge in [0.25, 0.3) is 0 Å². The summed E-state index contributed by atoms with van der Waals surface area (Å²) in [6.07, 6.45) is 1.90. The second kappa shape index (κ2) is 3.50. The summed E-state index contributed by atoms with van der Waals surface area (Å²) in [6, 6.07) is 12.9. The third kappa shape index (κ3) is 1.24. The fourth-order valence-corrected chi connectivity index (χ4v) is 3.48. The van der Waals surface area contributed by atoms with Gasteiger partial charge in [0, 0.05) is 17.0 Å². The second-order valence-corrected chi connectivity index (χ2v) is 5.71. The van der Waals surface area contributed by atoms with Crippen LogP contribution in [0.2, 0.25) is 0 Å². The van der Waals surface area contributed by atoms with E-state index in [-0.39, 0.29) is 0 Å². The Morgan fingerprint density at radius 3 is 2.81 bits per heavy atom. The van der Waals surface area contributed by atoms with Gasteiger partial charge in [0.2, 0.25) is 0 Å². The number of benzene rings is 2. The van der Waals surface area contributed by atoms with Gasteiger partial charge in [0.1, 0.15) is 5.82 Å². The van der Waals surface area contributed by atoms with E-state index < -0.39 is 0 Å². The molecule has 0 saturated heterocycles. The van der Waals surface area contributed by atoms with Crippen molar-refractivity contribution in [2.24, 2.45) is 0 Å². The number of aromatic nitrogens is 3. The van der Waals surface area contributed by atoms with Gasteiger partial charge < -0.3 is 0 Å². The van der Waals surface area contributed by atoms with E-state index in [0.29, 0.717) is 0 Å². The first-order chi connectivity index (χ1) is 10.2. The number of hydrogen-bond donors (Lipinski definition) is 0. The molecule has 0 N–H and O–H groups in total. The Morgan fingerprint density at radius 1 is 1.00 bits per heavy atom. The molecule has 21 heavy (non-hydrogen) atoms. The Kier molecular flexibility index (Phi) is 1.84. The van der Waals surface area contributed by atoms with Crippen LogP contribution in [0.15, 0.2) is 42.6 Å². The van der Waals surface area contributed by atoms with E-state index >= 15 is 0 Å². The molecule has 0 radical (unpaired) electrons. The van der Waals surface area contributed by atoms with Crippen LogP contribution in [0, 0.1) is 13.8 Å². The highest BCUT2D eigenvalue weighted by molar-refractivity contribution is 6.21. The summed E-state index contributed by atoms with van der Waals surface area (Å²) < 4.78 is 2.26. The highest BCUT2D eigenvalue weighted by Crippen LogP contribution is 2.35. The zero-order valence-electron chi connectivity index (χ0n) is 11.9. The Hall–Kier alpha value is -2.68. The highest BCUT2D eigenvalue weighted by atomic mass is 15.0. The van der Waals surface area contributed by atoms with Crippen molar-refractivity contribution in [3.05, 3.63) is 54.0 Å². The molecule has 5 aromatic rings. The molecule has 0 aliphatic heterocycles. The van der Waals surface area contributed by atoms with Gasteiger partial charge in [-0.1, -0.05) is 17.7 Å². The van der Waals surface area contributed by atoms with Gasteiger partial charge in [-0.3, -0.25) is 9.38 Å². The van der Waals surface area contributed by atoms with Crippen molar-refractivity contribution in [1.82, 2.24) is 14.4 Å². The fourth-order valence-electron chi connectivity index (χ4n) is 3.48. The minimum absolute atomic E-state index is 1.03. The monoisotopic (exact) mass is 271 g/mol. The summed E-state index contributed by atoms with van der Waals surface area (Å²) in [4.78, 5) is 9.39. The summed E-state index contributed by atoms with van der Waals surface area (Å²) in [7, 11) is 0. The van der Waals surface area contributed by atoms with Gasteiger partial charge in [-0.25, -0.2) is 4.98 Å². The first-order valence-corrected chi connectivity index (χ1v) is 7.12. The molecule has 0 aliphatic carbocycles. The van der Waals surface area contributed by atoms with Gasteiger partial charge in [-0.15, -0.1) is 0 Å². The number of pyridine rings is 2. The van der Waals surface area contributed by atoms with Crippen LogP contribution < -0.4 is 0 Å². The molecule has 3 heterocycles. The Labute approximate surface area is 121 Å². The summed E-state index contributed by atoms with van der Waals surface area (Å²) in [5.41, 5.74) is 5.73. The maximum atomic E-state index is 4.72. The zero-order valence-corrected chi connectivity index (χ0v) is 11.9. The number of hydrogen-bond acceptors (Lipinski definition) is 2. The van der Waals surface area contributed by atoms with Crippen molar-refractivity contribution in [3.8, 4) is 0 Å². The number of imidazole rings is 1. The SMILES string of the molecule is Cc1ccc2c(c1)c1nccc3ccc4nc(C)n2c4c31. The molecule has 0 bridgehead atoms. The van der Waals surface area contributed by atoms with Crippen molar-refractivity contribution in [1.29, 1.82) is 0 Å². The van der Waals surface area contributed by atoms with Crippen molar-refractivity contribution < 1.29 is 0 Å². The number of nitrogens with zero attached hydrogens (tertiary/aromatic N) is 3.